The highest BCUT2D eigenvalue weighted by Crippen LogP contribution is 2.16. The first-order chi connectivity index (χ1) is 6.13. The number of anilines is 1. The molecule has 1 rings (SSSR count). The lowest BCUT2D eigenvalue weighted by Crippen LogP contribution is -2.00. The van der Waals surface area contributed by atoms with Crippen LogP contribution in [0.15, 0.2) is 18.2 Å². The van der Waals surface area contributed by atoms with Crippen LogP contribution in [-0.4, -0.2) is 5.78 Å². The maximum atomic E-state index is 10.9. The van der Waals surface area contributed by atoms with Gasteiger partial charge in [-0.3, -0.25) is 4.79 Å². The minimum absolute atomic E-state index is 0.135. The fraction of sp³-hybridized carbons (Fsp3) is 0.300. The summed E-state index contributed by atoms with van der Waals surface area (Å²) >= 11 is 5.72. The lowest BCUT2D eigenvalue weighted by Gasteiger charge is -2.05. The number of nitrogens with two attached hydrogens (primary N) is 1. The number of benzene rings is 1. The maximum Gasteiger partial charge on any atom is 0.134 e. The smallest absolute Gasteiger partial charge is 0.134 e. The number of ketones is 1. The zero-order valence-electron chi connectivity index (χ0n) is 7.51. The van der Waals surface area contributed by atoms with Crippen molar-refractivity contribution in [3.05, 3.63) is 29.3 Å². The second kappa shape index (κ2) is 4.28. The molecule has 0 aliphatic carbocycles. The molecule has 0 fully saturated rings. The Morgan fingerprint density at radius 2 is 2.15 bits per heavy atom. The second-order valence-electron chi connectivity index (χ2n) is 3.04. The first-order valence-electron chi connectivity index (χ1n) is 4.06. The number of carbonyl (C=O) groups excluding carboxylic acids is 1. The average Bonchev–Trinajstić information content (AvgIpc) is 2.07. The molecule has 0 saturated heterocycles. The van der Waals surface area contributed by atoms with E-state index in [1.54, 1.807) is 13.0 Å². The third kappa shape index (κ3) is 2.74. The normalized spacial score (nSPS) is 10.0. The summed E-state index contributed by atoms with van der Waals surface area (Å²) in [5, 5.41) is 0. The molecule has 0 atom stereocenters. The average molecular weight is 198 g/mol. The highest BCUT2D eigenvalue weighted by Gasteiger charge is 2.04. The zero-order valence-corrected chi connectivity index (χ0v) is 8.27. The summed E-state index contributed by atoms with van der Waals surface area (Å²) in [5.41, 5.74) is 8.18. The first kappa shape index (κ1) is 10.1. The second-order valence-corrected chi connectivity index (χ2v) is 3.31. The van der Waals surface area contributed by atoms with Crippen LogP contribution in [0.1, 0.15) is 18.1 Å². The minimum atomic E-state index is 0.135. The Kier molecular flexibility index (Phi) is 3.32. The number of hydrogen-bond acceptors (Lipinski definition) is 2. The van der Waals surface area contributed by atoms with E-state index in [0.29, 0.717) is 18.0 Å². The van der Waals surface area contributed by atoms with Crippen LogP contribution in [-0.2, 0) is 17.1 Å². The SMILES string of the molecule is CC(=O)Cc1ccc(N)cc1CCl. The standard InChI is InChI=1S/C10H12ClNO/c1-7(13)4-8-2-3-10(12)5-9(8)6-11/h2-3,5H,4,6,12H2,1H3. The molecule has 0 aromatic heterocycles. The Morgan fingerprint density at radius 3 is 2.69 bits per heavy atom. The summed E-state index contributed by atoms with van der Waals surface area (Å²) in [6.45, 7) is 1.56. The summed E-state index contributed by atoms with van der Waals surface area (Å²) in [7, 11) is 0. The molecule has 2 nitrogen and oxygen atoms in total. The molecule has 0 unspecified atom stereocenters. The van der Waals surface area contributed by atoms with Gasteiger partial charge in [-0.25, -0.2) is 0 Å². The molecular weight excluding hydrogens is 186 g/mol. The maximum absolute atomic E-state index is 10.9. The summed E-state index contributed by atoms with van der Waals surface area (Å²) in [6, 6.07) is 5.45. The molecule has 0 radical (unpaired) electrons. The van der Waals surface area contributed by atoms with Crippen LogP contribution >= 0.6 is 11.6 Å². The van der Waals surface area contributed by atoms with Gasteiger partial charge in [0.2, 0.25) is 0 Å². The van der Waals surface area contributed by atoms with Crippen LogP contribution in [0.2, 0.25) is 0 Å². The quantitative estimate of drug-likeness (QED) is 0.596. The molecule has 0 saturated carbocycles. The largest absolute Gasteiger partial charge is 0.399 e. The van der Waals surface area contributed by atoms with Gasteiger partial charge in [0, 0.05) is 18.0 Å². The van der Waals surface area contributed by atoms with Gasteiger partial charge in [0.25, 0.3) is 0 Å². The molecule has 0 aliphatic heterocycles. The Balaban J connectivity index is 2.99. The van der Waals surface area contributed by atoms with Crippen LogP contribution in [0.25, 0.3) is 0 Å². The van der Waals surface area contributed by atoms with E-state index in [4.69, 9.17) is 17.3 Å². The van der Waals surface area contributed by atoms with Crippen molar-refractivity contribution < 1.29 is 4.79 Å². The van der Waals surface area contributed by atoms with Gasteiger partial charge in [-0.2, -0.15) is 0 Å². The molecule has 0 bridgehead atoms. The van der Waals surface area contributed by atoms with Gasteiger partial charge in [-0.15, -0.1) is 11.6 Å². The highest BCUT2D eigenvalue weighted by atomic mass is 35.5. The van der Waals surface area contributed by atoms with E-state index in [-0.39, 0.29) is 5.78 Å². The van der Waals surface area contributed by atoms with E-state index in [1.807, 2.05) is 12.1 Å². The molecule has 3 heteroatoms. The number of hydrogen-bond donors (Lipinski definition) is 1. The van der Waals surface area contributed by atoms with Crippen LogP contribution in [0.4, 0.5) is 5.69 Å². The van der Waals surface area contributed by atoms with Crippen LogP contribution in [0, 0.1) is 0 Å². The minimum Gasteiger partial charge on any atom is -0.399 e. The molecule has 1 aromatic rings. The Hall–Kier alpha value is -1.02. The molecule has 2 N–H and O–H groups in total. The Morgan fingerprint density at radius 1 is 1.46 bits per heavy atom. The molecule has 1 aromatic carbocycles. The van der Waals surface area contributed by atoms with Gasteiger partial charge in [0.1, 0.15) is 5.78 Å². The van der Waals surface area contributed by atoms with E-state index < -0.39 is 0 Å². The predicted molar refractivity (Wildman–Crippen MR) is 54.8 cm³/mol. The first-order valence-corrected chi connectivity index (χ1v) is 4.59. The van der Waals surface area contributed by atoms with Gasteiger partial charge in [-0.1, -0.05) is 6.07 Å². The fourth-order valence-electron chi connectivity index (χ4n) is 1.21. The van der Waals surface area contributed by atoms with Crippen molar-refractivity contribution in [3.8, 4) is 0 Å². The molecule has 0 spiro atoms. The van der Waals surface area contributed by atoms with Gasteiger partial charge in [0.15, 0.2) is 0 Å². The predicted octanol–water partition coefficient (Wildman–Crippen LogP) is 2.14. The van der Waals surface area contributed by atoms with E-state index in [1.165, 1.54) is 0 Å². The molecule has 0 amide bonds. The van der Waals surface area contributed by atoms with Crippen LogP contribution in [0.3, 0.4) is 0 Å². The van der Waals surface area contributed by atoms with Gasteiger partial charge in [-0.05, 0) is 30.2 Å². The summed E-state index contributed by atoms with van der Waals surface area (Å²) in [6.07, 6.45) is 0.433. The lowest BCUT2D eigenvalue weighted by atomic mass is 10.0. The summed E-state index contributed by atoms with van der Waals surface area (Å²) in [4.78, 5) is 10.9. The Labute approximate surface area is 82.7 Å². The zero-order chi connectivity index (χ0) is 9.84. The summed E-state index contributed by atoms with van der Waals surface area (Å²) < 4.78 is 0. The van der Waals surface area contributed by atoms with Crippen molar-refractivity contribution in [2.75, 3.05) is 5.73 Å². The van der Waals surface area contributed by atoms with Crippen LogP contribution < -0.4 is 5.73 Å². The van der Waals surface area contributed by atoms with Crippen molar-refractivity contribution in [1.82, 2.24) is 0 Å². The van der Waals surface area contributed by atoms with Crippen molar-refractivity contribution in [2.45, 2.75) is 19.2 Å². The number of Topliss-reactive ketones (excluding diaryl/α,β-unsaturated/α-hetero) is 1. The molecule has 70 valence electrons. The molecular formula is C10H12ClNO. The van der Waals surface area contributed by atoms with Crippen molar-refractivity contribution >= 4 is 23.1 Å². The third-order valence-corrected chi connectivity index (χ3v) is 2.10. The number of halogens is 1. The van der Waals surface area contributed by atoms with Gasteiger partial charge < -0.3 is 5.73 Å². The van der Waals surface area contributed by atoms with Gasteiger partial charge >= 0.3 is 0 Å². The number of rotatable bonds is 3. The van der Waals surface area contributed by atoms with Crippen molar-refractivity contribution in [2.24, 2.45) is 0 Å². The van der Waals surface area contributed by atoms with Crippen molar-refractivity contribution in [1.29, 1.82) is 0 Å². The van der Waals surface area contributed by atoms with Crippen LogP contribution in [0.5, 0.6) is 0 Å². The van der Waals surface area contributed by atoms with E-state index >= 15 is 0 Å². The highest BCUT2D eigenvalue weighted by molar-refractivity contribution is 6.17. The van der Waals surface area contributed by atoms with E-state index in [9.17, 15) is 4.79 Å². The number of alkyl halides is 1. The molecule has 0 heterocycles. The molecule has 13 heavy (non-hydrogen) atoms. The lowest BCUT2D eigenvalue weighted by molar-refractivity contribution is -0.116. The van der Waals surface area contributed by atoms with E-state index in [0.717, 1.165) is 11.1 Å². The number of carbonyl (C=O) groups is 1. The van der Waals surface area contributed by atoms with E-state index in [2.05, 4.69) is 0 Å². The summed E-state index contributed by atoms with van der Waals surface area (Å²) in [5.74, 6) is 0.532. The Bertz CT molecular complexity index is 323. The van der Waals surface area contributed by atoms with Gasteiger partial charge in [0.05, 0.1) is 0 Å². The molecule has 0 aliphatic rings. The fourth-order valence-corrected chi connectivity index (χ4v) is 1.46. The monoisotopic (exact) mass is 197 g/mol. The topological polar surface area (TPSA) is 43.1 Å². The third-order valence-electron chi connectivity index (χ3n) is 1.81. The number of nitrogen functional groups attached to an aromatic ring is 1. The van der Waals surface area contributed by atoms with Crippen molar-refractivity contribution in [3.63, 3.8) is 0 Å².